The van der Waals surface area contributed by atoms with Gasteiger partial charge in [0.2, 0.25) is 0 Å². The highest BCUT2D eigenvalue weighted by atomic mass is 16.4. The molecule has 0 unspecified atom stereocenters. The second-order valence-electron chi connectivity index (χ2n) is 8.36. The Hall–Kier alpha value is -2.16. The van der Waals surface area contributed by atoms with Gasteiger partial charge in [0.25, 0.3) is 0 Å². The van der Waals surface area contributed by atoms with Gasteiger partial charge < -0.3 is 15.3 Å². The Morgan fingerprint density at radius 3 is 2.79 bits per heavy atom. The third kappa shape index (κ3) is 4.29. The predicted octanol–water partition coefficient (Wildman–Crippen LogP) is 1.27. The molecule has 3 fully saturated rings. The minimum Gasteiger partial charge on any atom is -0.480 e. The Morgan fingerprint density at radius 2 is 2.11 bits per heavy atom. The average Bonchev–Trinajstić information content (AvgIpc) is 3.20. The molecule has 154 valence electrons. The Labute approximate surface area is 165 Å². The molecule has 2 heterocycles. The number of hydrogen-bond acceptors (Lipinski definition) is 5. The summed E-state index contributed by atoms with van der Waals surface area (Å²) in [6.45, 7) is 4.23. The van der Waals surface area contributed by atoms with E-state index in [-0.39, 0.29) is 30.7 Å². The van der Waals surface area contributed by atoms with Crippen molar-refractivity contribution in [2.45, 2.75) is 76.0 Å². The first-order chi connectivity index (χ1) is 13.5. The molecule has 1 saturated heterocycles. The first-order valence-electron chi connectivity index (χ1n) is 10.5. The summed E-state index contributed by atoms with van der Waals surface area (Å²) in [6, 6.07) is 0.532. The summed E-state index contributed by atoms with van der Waals surface area (Å²) in [5.41, 5.74) is 1.08. The van der Waals surface area contributed by atoms with Gasteiger partial charge >= 0.3 is 12.0 Å². The van der Waals surface area contributed by atoms with E-state index < -0.39 is 5.97 Å². The maximum Gasteiger partial charge on any atom is 0.317 e. The van der Waals surface area contributed by atoms with Gasteiger partial charge in [0.1, 0.15) is 0 Å². The van der Waals surface area contributed by atoms with Crippen molar-refractivity contribution in [3.63, 3.8) is 0 Å². The monoisotopic (exact) mass is 390 g/mol. The smallest absolute Gasteiger partial charge is 0.317 e. The minimum absolute atomic E-state index is 0.00485. The number of likely N-dealkylation sites (tertiary alicyclic amines) is 1. The zero-order valence-corrected chi connectivity index (χ0v) is 16.5. The molecule has 4 rings (SSSR count). The molecule has 0 aromatic carbocycles. The van der Waals surface area contributed by atoms with Crippen LogP contribution in [-0.4, -0.2) is 79.7 Å². The number of aromatic nitrogens is 3. The second-order valence-corrected chi connectivity index (χ2v) is 8.36. The van der Waals surface area contributed by atoms with Crippen molar-refractivity contribution in [2.24, 2.45) is 0 Å². The molecule has 1 aliphatic heterocycles. The highest BCUT2D eigenvalue weighted by Gasteiger charge is 2.37. The summed E-state index contributed by atoms with van der Waals surface area (Å²) in [7, 11) is 0. The number of amides is 2. The van der Waals surface area contributed by atoms with E-state index in [0.29, 0.717) is 19.0 Å². The third-order valence-corrected chi connectivity index (χ3v) is 6.29. The van der Waals surface area contributed by atoms with Crippen LogP contribution in [0.3, 0.4) is 0 Å². The Kier molecular flexibility index (Phi) is 5.52. The number of nitrogens with one attached hydrogen (secondary N) is 1. The number of hydrogen-bond donors (Lipinski definition) is 2. The molecule has 3 aliphatic rings. The lowest BCUT2D eigenvalue weighted by Crippen LogP contribution is -2.57. The van der Waals surface area contributed by atoms with Gasteiger partial charge in [-0.25, -0.2) is 4.79 Å². The van der Waals surface area contributed by atoms with Gasteiger partial charge in [-0.15, -0.1) is 5.10 Å². The number of likely N-dealkylation sites (N-methyl/N-ethyl adjacent to an activating group) is 1. The lowest BCUT2D eigenvalue weighted by Gasteiger charge is -2.43. The van der Waals surface area contributed by atoms with Crippen molar-refractivity contribution in [2.75, 3.05) is 19.6 Å². The largest absolute Gasteiger partial charge is 0.480 e. The van der Waals surface area contributed by atoms with Gasteiger partial charge in [0.05, 0.1) is 24.8 Å². The van der Waals surface area contributed by atoms with Crippen LogP contribution in [0.15, 0.2) is 6.20 Å². The maximum absolute atomic E-state index is 12.8. The van der Waals surface area contributed by atoms with Crippen LogP contribution in [0.25, 0.3) is 0 Å². The molecule has 28 heavy (non-hydrogen) atoms. The second kappa shape index (κ2) is 8.06. The fraction of sp³-hybridized carbons (Fsp3) is 0.789. The SMILES string of the molecule is CCN(CC(=O)O)C1CC(NC(=O)N2CCC[C@H]2Cn2cc(C3CC3)nn2)C1. The number of aliphatic carboxylic acids is 1. The molecule has 2 aliphatic carbocycles. The topological polar surface area (TPSA) is 104 Å². The van der Waals surface area contributed by atoms with Crippen LogP contribution in [-0.2, 0) is 11.3 Å². The summed E-state index contributed by atoms with van der Waals surface area (Å²) >= 11 is 0. The molecule has 9 nitrogen and oxygen atoms in total. The molecular formula is C19H30N6O3. The van der Waals surface area contributed by atoms with Crippen LogP contribution >= 0.6 is 0 Å². The van der Waals surface area contributed by atoms with Gasteiger partial charge in [0.15, 0.2) is 0 Å². The molecule has 0 radical (unpaired) electrons. The van der Waals surface area contributed by atoms with Crippen LogP contribution in [0.4, 0.5) is 4.79 Å². The van der Waals surface area contributed by atoms with Gasteiger partial charge in [0, 0.05) is 30.7 Å². The molecule has 1 atom stereocenters. The first kappa shape index (κ1) is 19.2. The zero-order valence-electron chi connectivity index (χ0n) is 16.5. The minimum atomic E-state index is -0.799. The molecule has 0 spiro atoms. The molecular weight excluding hydrogens is 360 g/mol. The van der Waals surface area contributed by atoms with E-state index in [0.717, 1.165) is 37.9 Å². The number of carboxylic acids is 1. The number of rotatable bonds is 8. The molecule has 2 N–H and O–H groups in total. The standard InChI is InChI=1S/C19H30N6O3/c1-2-23(12-18(26)27)16-8-14(9-16)20-19(28)25-7-3-4-15(25)10-24-11-17(21-22-24)13-5-6-13/h11,13-16H,2-10,12H2,1H3,(H,20,28)(H,26,27)/t14?,15-,16?/m0/s1. The van der Waals surface area contributed by atoms with Crippen LogP contribution in [0.5, 0.6) is 0 Å². The van der Waals surface area contributed by atoms with E-state index in [1.54, 1.807) is 0 Å². The van der Waals surface area contributed by atoms with Gasteiger partial charge in [-0.3, -0.25) is 14.4 Å². The molecule has 1 aromatic rings. The molecule has 0 bridgehead atoms. The van der Waals surface area contributed by atoms with E-state index in [1.807, 2.05) is 27.6 Å². The summed E-state index contributed by atoms with van der Waals surface area (Å²) in [5.74, 6) is -0.209. The Morgan fingerprint density at radius 1 is 1.32 bits per heavy atom. The fourth-order valence-corrected chi connectivity index (χ4v) is 4.41. The maximum atomic E-state index is 12.8. The summed E-state index contributed by atoms with van der Waals surface area (Å²) < 4.78 is 1.88. The summed E-state index contributed by atoms with van der Waals surface area (Å²) in [5, 5.41) is 20.6. The zero-order chi connectivity index (χ0) is 19.7. The normalized spacial score (nSPS) is 27.1. The van der Waals surface area contributed by atoms with Crippen molar-refractivity contribution in [1.29, 1.82) is 0 Å². The molecule has 2 saturated carbocycles. The van der Waals surface area contributed by atoms with Crippen LogP contribution < -0.4 is 5.32 Å². The Balaban J connectivity index is 1.25. The van der Waals surface area contributed by atoms with E-state index in [1.165, 1.54) is 12.8 Å². The molecule has 2 amide bonds. The van der Waals surface area contributed by atoms with Crippen molar-refractivity contribution < 1.29 is 14.7 Å². The molecule has 1 aromatic heterocycles. The highest BCUT2D eigenvalue weighted by Crippen LogP contribution is 2.38. The predicted molar refractivity (Wildman–Crippen MR) is 102 cm³/mol. The van der Waals surface area contributed by atoms with Crippen molar-refractivity contribution in [1.82, 2.24) is 30.1 Å². The number of carbonyl (C=O) groups excluding carboxylic acids is 1. The summed E-state index contributed by atoms with van der Waals surface area (Å²) in [4.78, 5) is 27.6. The lowest BCUT2D eigenvalue weighted by atomic mass is 9.85. The van der Waals surface area contributed by atoms with Gasteiger partial charge in [-0.1, -0.05) is 12.1 Å². The van der Waals surface area contributed by atoms with Crippen LogP contribution in [0.1, 0.15) is 57.1 Å². The average molecular weight is 390 g/mol. The van der Waals surface area contributed by atoms with Crippen molar-refractivity contribution >= 4 is 12.0 Å². The van der Waals surface area contributed by atoms with Crippen LogP contribution in [0.2, 0.25) is 0 Å². The van der Waals surface area contributed by atoms with E-state index in [4.69, 9.17) is 5.11 Å². The quantitative estimate of drug-likeness (QED) is 0.693. The van der Waals surface area contributed by atoms with Gasteiger partial charge in [-0.2, -0.15) is 0 Å². The van der Waals surface area contributed by atoms with E-state index in [9.17, 15) is 9.59 Å². The number of carbonyl (C=O) groups is 2. The number of nitrogens with zero attached hydrogens (tertiary/aromatic N) is 5. The van der Waals surface area contributed by atoms with Crippen molar-refractivity contribution in [3.05, 3.63) is 11.9 Å². The summed E-state index contributed by atoms with van der Waals surface area (Å²) in [6.07, 6.45) is 8.09. The number of carboxylic acid groups (broad SMARTS) is 1. The highest BCUT2D eigenvalue weighted by molar-refractivity contribution is 5.75. The van der Waals surface area contributed by atoms with E-state index >= 15 is 0 Å². The fourth-order valence-electron chi connectivity index (χ4n) is 4.41. The third-order valence-electron chi connectivity index (χ3n) is 6.29. The lowest BCUT2D eigenvalue weighted by molar-refractivity contribution is -0.139. The molecule has 9 heteroatoms. The van der Waals surface area contributed by atoms with E-state index in [2.05, 4.69) is 15.6 Å². The number of urea groups is 1. The van der Waals surface area contributed by atoms with Gasteiger partial charge in [-0.05, 0) is 45.1 Å². The van der Waals surface area contributed by atoms with Crippen molar-refractivity contribution in [3.8, 4) is 0 Å². The Bertz CT molecular complexity index is 712. The first-order valence-corrected chi connectivity index (χ1v) is 10.5. The van der Waals surface area contributed by atoms with Crippen LogP contribution in [0, 0.1) is 0 Å².